The Morgan fingerprint density at radius 3 is 2.56 bits per heavy atom. The number of aliphatic carboxylic acids is 1. The Hall–Kier alpha value is -2.04. The van der Waals surface area contributed by atoms with Gasteiger partial charge in [-0.05, 0) is 37.6 Å². The largest absolute Gasteiger partial charge is 0.479 e. The molecule has 1 aromatic rings. The summed E-state index contributed by atoms with van der Waals surface area (Å²) in [6, 6.07) is 4.71. The molecule has 0 aliphatic rings. The number of aryl methyl sites for hydroxylation is 1. The molecular weight excluding hydrogens is 210 g/mol. The van der Waals surface area contributed by atoms with Crippen molar-refractivity contribution in [3.05, 3.63) is 29.3 Å². The number of carbonyl (C=O) groups is 2. The molecule has 0 radical (unpaired) electrons. The third kappa shape index (κ3) is 2.73. The maximum atomic E-state index is 11.6. The summed E-state index contributed by atoms with van der Waals surface area (Å²) in [4.78, 5) is 22.1. The van der Waals surface area contributed by atoms with Gasteiger partial charge in [-0.15, -0.1) is 0 Å². The van der Waals surface area contributed by atoms with E-state index in [1.807, 2.05) is 0 Å². The highest BCUT2D eigenvalue weighted by Gasteiger charge is 2.18. The van der Waals surface area contributed by atoms with Gasteiger partial charge in [0.2, 0.25) is 0 Å². The van der Waals surface area contributed by atoms with Crippen LogP contribution in [0.3, 0.4) is 0 Å². The zero-order chi connectivity index (χ0) is 12.3. The molecule has 1 unspecified atom stereocenters. The molecule has 86 valence electrons. The van der Waals surface area contributed by atoms with E-state index >= 15 is 0 Å². The van der Waals surface area contributed by atoms with Crippen LogP contribution in [-0.2, 0) is 9.53 Å². The van der Waals surface area contributed by atoms with Gasteiger partial charge in [0.05, 0.1) is 5.56 Å². The van der Waals surface area contributed by atoms with Crippen LogP contribution in [0.1, 0.15) is 22.8 Å². The number of carbonyl (C=O) groups excluding carboxylic acids is 1. The highest BCUT2D eigenvalue weighted by molar-refractivity contribution is 5.93. The minimum Gasteiger partial charge on any atom is -0.479 e. The Labute approximate surface area is 92.8 Å². The number of nitrogens with two attached hydrogens (primary N) is 1. The van der Waals surface area contributed by atoms with E-state index in [1.165, 1.54) is 13.0 Å². The zero-order valence-electron chi connectivity index (χ0n) is 9.06. The molecule has 0 aliphatic heterocycles. The molecule has 0 aliphatic carbocycles. The van der Waals surface area contributed by atoms with E-state index in [-0.39, 0.29) is 0 Å². The van der Waals surface area contributed by atoms with Crippen molar-refractivity contribution in [2.75, 3.05) is 5.73 Å². The molecule has 0 spiro atoms. The molecule has 1 rings (SSSR count). The van der Waals surface area contributed by atoms with Gasteiger partial charge in [-0.2, -0.15) is 0 Å². The maximum absolute atomic E-state index is 11.6. The lowest BCUT2D eigenvalue weighted by Crippen LogP contribution is -2.24. The summed E-state index contributed by atoms with van der Waals surface area (Å²) < 4.78 is 4.74. The van der Waals surface area contributed by atoms with Crippen LogP contribution in [0, 0.1) is 6.92 Å². The second kappa shape index (κ2) is 4.65. The fourth-order valence-electron chi connectivity index (χ4n) is 1.19. The van der Waals surface area contributed by atoms with Crippen molar-refractivity contribution in [1.82, 2.24) is 0 Å². The van der Waals surface area contributed by atoms with E-state index < -0.39 is 18.0 Å². The number of anilines is 1. The number of carboxylic acids is 1. The van der Waals surface area contributed by atoms with Gasteiger partial charge in [0.1, 0.15) is 0 Å². The first kappa shape index (κ1) is 12.0. The summed E-state index contributed by atoms with van der Waals surface area (Å²) in [6.45, 7) is 3.01. The molecular formula is C11H13NO4. The maximum Gasteiger partial charge on any atom is 0.344 e. The molecule has 5 heteroatoms. The van der Waals surface area contributed by atoms with Gasteiger partial charge in [0.25, 0.3) is 0 Å². The SMILES string of the molecule is Cc1cc(N)ccc1C(=O)OC(C)C(=O)O. The molecule has 0 saturated carbocycles. The van der Waals surface area contributed by atoms with Crippen molar-refractivity contribution in [2.45, 2.75) is 20.0 Å². The molecule has 3 N–H and O–H groups in total. The molecule has 1 aromatic carbocycles. The summed E-state index contributed by atoms with van der Waals surface area (Å²) in [7, 11) is 0. The van der Waals surface area contributed by atoms with Crippen LogP contribution in [-0.4, -0.2) is 23.1 Å². The van der Waals surface area contributed by atoms with Gasteiger partial charge in [-0.25, -0.2) is 9.59 Å². The van der Waals surface area contributed by atoms with Crippen LogP contribution in [0.4, 0.5) is 5.69 Å². The average molecular weight is 223 g/mol. The quantitative estimate of drug-likeness (QED) is 0.593. The van der Waals surface area contributed by atoms with Gasteiger partial charge in [-0.3, -0.25) is 0 Å². The lowest BCUT2D eigenvalue weighted by molar-refractivity contribution is -0.146. The molecule has 0 fully saturated rings. The smallest absolute Gasteiger partial charge is 0.344 e. The van der Waals surface area contributed by atoms with E-state index in [4.69, 9.17) is 15.6 Å². The average Bonchev–Trinajstić information content (AvgIpc) is 2.16. The topological polar surface area (TPSA) is 89.6 Å². The van der Waals surface area contributed by atoms with E-state index in [0.717, 1.165) is 0 Å². The summed E-state index contributed by atoms with van der Waals surface area (Å²) in [5.41, 5.74) is 7.05. The molecule has 0 aromatic heterocycles. The summed E-state index contributed by atoms with van der Waals surface area (Å²) >= 11 is 0. The highest BCUT2D eigenvalue weighted by atomic mass is 16.6. The second-order valence-electron chi connectivity index (χ2n) is 3.46. The Balaban J connectivity index is 2.85. The van der Waals surface area contributed by atoms with Crippen molar-refractivity contribution in [3.63, 3.8) is 0 Å². The van der Waals surface area contributed by atoms with Crippen LogP contribution < -0.4 is 5.73 Å². The van der Waals surface area contributed by atoms with Gasteiger partial charge in [0, 0.05) is 5.69 Å². The molecule has 0 bridgehead atoms. The van der Waals surface area contributed by atoms with E-state index in [2.05, 4.69) is 0 Å². The van der Waals surface area contributed by atoms with Crippen LogP contribution in [0.2, 0.25) is 0 Å². The van der Waals surface area contributed by atoms with Crippen molar-refractivity contribution >= 4 is 17.6 Å². The molecule has 0 amide bonds. The number of hydrogen-bond donors (Lipinski definition) is 2. The van der Waals surface area contributed by atoms with Crippen LogP contribution in [0.15, 0.2) is 18.2 Å². The number of benzene rings is 1. The van der Waals surface area contributed by atoms with Crippen molar-refractivity contribution in [2.24, 2.45) is 0 Å². The molecule has 0 heterocycles. The molecule has 16 heavy (non-hydrogen) atoms. The third-order valence-electron chi connectivity index (χ3n) is 2.10. The Bertz CT molecular complexity index is 428. The standard InChI is InChI=1S/C11H13NO4/c1-6-5-8(12)3-4-9(6)11(15)16-7(2)10(13)14/h3-5,7H,12H2,1-2H3,(H,13,14). The first-order chi connectivity index (χ1) is 7.41. The van der Waals surface area contributed by atoms with Gasteiger partial charge < -0.3 is 15.6 Å². The third-order valence-corrected chi connectivity index (χ3v) is 2.10. The Kier molecular flexibility index (Phi) is 3.50. The molecule has 1 atom stereocenters. The number of rotatable bonds is 3. The lowest BCUT2D eigenvalue weighted by Gasteiger charge is -2.10. The zero-order valence-corrected chi connectivity index (χ0v) is 9.06. The first-order valence-corrected chi connectivity index (χ1v) is 4.71. The number of hydrogen-bond acceptors (Lipinski definition) is 4. The van der Waals surface area contributed by atoms with Crippen LogP contribution >= 0.6 is 0 Å². The van der Waals surface area contributed by atoms with Crippen LogP contribution in [0.25, 0.3) is 0 Å². The summed E-state index contributed by atoms with van der Waals surface area (Å²) in [6.07, 6.45) is -1.16. The monoisotopic (exact) mass is 223 g/mol. The van der Waals surface area contributed by atoms with E-state index in [1.54, 1.807) is 19.1 Å². The van der Waals surface area contributed by atoms with E-state index in [0.29, 0.717) is 16.8 Å². The highest BCUT2D eigenvalue weighted by Crippen LogP contribution is 2.14. The summed E-state index contributed by atoms with van der Waals surface area (Å²) in [5.74, 6) is -1.84. The lowest BCUT2D eigenvalue weighted by atomic mass is 10.1. The minimum absolute atomic E-state index is 0.322. The van der Waals surface area contributed by atoms with Crippen molar-refractivity contribution in [3.8, 4) is 0 Å². The number of carboxylic acid groups (broad SMARTS) is 1. The number of ether oxygens (including phenoxy) is 1. The predicted octanol–water partition coefficient (Wildman–Crippen LogP) is 1.21. The van der Waals surface area contributed by atoms with Crippen molar-refractivity contribution < 1.29 is 19.4 Å². The van der Waals surface area contributed by atoms with Gasteiger partial charge in [0.15, 0.2) is 6.10 Å². The number of esters is 1. The fourth-order valence-corrected chi connectivity index (χ4v) is 1.19. The van der Waals surface area contributed by atoms with E-state index in [9.17, 15) is 9.59 Å². The normalized spacial score (nSPS) is 11.9. The second-order valence-corrected chi connectivity index (χ2v) is 3.46. The van der Waals surface area contributed by atoms with Gasteiger partial charge >= 0.3 is 11.9 Å². The number of nitrogen functional groups attached to an aromatic ring is 1. The van der Waals surface area contributed by atoms with Crippen molar-refractivity contribution in [1.29, 1.82) is 0 Å². The van der Waals surface area contributed by atoms with Crippen LogP contribution in [0.5, 0.6) is 0 Å². The molecule has 5 nitrogen and oxygen atoms in total. The van der Waals surface area contributed by atoms with Gasteiger partial charge in [-0.1, -0.05) is 0 Å². The Morgan fingerprint density at radius 2 is 2.06 bits per heavy atom. The fraction of sp³-hybridized carbons (Fsp3) is 0.273. The first-order valence-electron chi connectivity index (χ1n) is 4.71. The summed E-state index contributed by atoms with van der Waals surface area (Å²) in [5, 5.41) is 8.59. The minimum atomic E-state index is -1.18. The predicted molar refractivity (Wildman–Crippen MR) is 58.1 cm³/mol. The molecule has 0 saturated heterocycles. The Morgan fingerprint density at radius 1 is 1.44 bits per heavy atom.